The van der Waals surface area contributed by atoms with E-state index in [9.17, 15) is 0 Å². The second kappa shape index (κ2) is 8.68. The quantitative estimate of drug-likeness (QED) is 0.457. The summed E-state index contributed by atoms with van der Waals surface area (Å²) in [6.07, 6.45) is 1.79. The first-order valence-electron chi connectivity index (χ1n) is 9.62. The summed E-state index contributed by atoms with van der Waals surface area (Å²) in [6.45, 7) is 3.47. The number of nitrogens with one attached hydrogen (secondary N) is 1. The molecule has 4 rings (SSSR count). The van der Waals surface area contributed by atoms with Crippen molar-refractivity contribution < 1.29 is 4.74 Å². The van der Waals surface area contributed by atoms with E-state index >= 15 is 0 Å². The molecular formula is C25H24N2O. The molecule has 0 fully saturated rings. The number of nitrogens with zero attached hydrogens (tertiary/aromatic N) is 1. The topological polar surface area (TPSA) is 34.1 Å². The van der Waals surface area contributed by atoms with Crippen molar-refractivity contribution in [2.75, 3.05) is 0 Å². The normalized spacial score (nSPS) is 12.0. The summed E-state index contributed by atoms with van der Waals surface area (Å²) in [6, 6.07) is 29.4. The van der Waals surface area contributed by atoms with Gasteiger partial charge in [0.25, 0.3) is 0 Å². The molecule has 3 nitrogen and oxygen atoms in total. The van der Waals surface area contributed by atoms with Crippen molar-refractivity contribution in [2.45, 2.75) is 26.1 Å². The predicted octanol–water partition coefficient (Wildman–Crippen LogP) is 5.66. The third-order valence-electron chi connectivity index (χ3n) is 4.91. The van der Waals surface area contributed by atoms with E-state index in [0.29, 0.717) is 6.61 Å². The van der Waals surface area contributed by atoms with Gasteiger partial charge in [0.05, 0.1) is 5.69 Å². The Labute approximate surface area is 166 Å². The Kier molecular flexibility index (Phi) is 5.64. The Hall–Kier alpha value is -3.17. The second-order valence-corrected chi connectivity index (χ2v) is 6.93. The van der Waals surface area contributed by atoms with E-state index in [1.54, 1.807) is 6.20 Å². The minimum atomic E-state index is 0.254. The SMILES string of the molecule is C[C@@H](NCc1cccc(OCc2ccccn2)c1)c1cccc2ccccc12. The zero-order valence-electron chi connectivity index (χ0n) is 16.0. The summed E-state index contributed by atoms with van der Waals surface area (Å²) in [5.41, 5.74) is 3.45. The van der Waals surface area contributed by atoms with Gasteiger partial charge in [0.1, 0.15) is 12.4 Å². The maximum absolute atomic E-state index is 5.89. The molecule has 1 heterocycles. The summed E-state index contributed by atoms with van der Waals surface area (Å²) in [5.74, 6) is 0.864. The molecular weight excluding hydrogens is 344 g/mol. The first-order valence-corrected chi connectivity index (χ1v) is 9.62. The van der Waals surface area contributed by atoms with Crippen LogP contribution in [0.25, 0.3) is 10.8 Å². The number of ether oxygens (including phenoxy) is 1. The minimum Gasteiger partial charge on any atom is -0.487 e. The van der Waals surface area contributed by atoms with Gasteiger partial charge < -0.3 is 10.1 Å². The predicted molar refractivity (Wildman–Crippen MR) is 114 cm³/mol. The third-order valence-corrected chi connectivity index (χ3v) is 4.91. The standard InChI is InChI=1S/C25H24N2O/c1-19(24-14-7-10-21-9-2-3-13-25(21)24)27-17-20-8-6-12-23(16-20)28-18-22-11-4-5-15-26-22/h2-16,19,27H,17-18H2,1H3/t19-/m1/s1. The van der Waals surface area contributed by atoms with Gasteiger partial charge >= 0.3 is 0 Å². The van der Waals surface area contributed by atoms with Crippen molar-refractivity contribution in [2.24, 2.45) is 0 Å². The van der Waals surface area contributed by atoms with Crippen LogP contribution in [0.15, 0.2) is 91.1 Å². The molecule has 3 heteroatoms. The molecule has 3 aromatic carbocycles. The van der Waals surface area contributed by atoms with Crippen molar-refractivity contribution in [1.82, 2.24) is 10.3 Å². The van der Waals surface area contributed by atoms with Crippen molar-refractivity contribution in [1.29, 1.82) is 0 Å². The Bertz CT molecular complexity index is 1040. The lowest BCUT2D eigenvalue weighted by molar-refractivity contribution is 0.301. The van der Waals surface area contributed by atoms with Crippen LogP contribution in [0.4, 0.5) is 0 Å². The monoisotopic (exact) mass is 368 g/mol. The summed E-state index contributed by atoms with van der Waals surface area (Å²) < 4.78 is 5.89. The van der Waals surface area contributed by atoms with Crippen LogP contribution < -0.4 is 10.1 Å². The van der Waals surface area contributed by atoms with Gasteiger partial charge in [-0.3, -0.25) is 4.98 Å². The highest BCUT2D eigenvalue weighted by molar-refractivity contribution is 5.86. The van der Waals surface area contributed by atoms with Crippen LogP contribution in [-0.4, -0.2) is 4.98 Å². The molecule has 0 aliphatic rings. The maximum Gasteiger partial charge on any atom is 0.130 e. The third kappa shape index (κ3) is 4.38. The fourth-order valence-corrected chi connectivity index (χ4v) is 3.39. The van der Waals surface area contributed by atoms with Crippen molar-refractivity contribution in [3.05, 3.63) is 108 Å². The van der Waals surface area contributed by atoms with Crippen LogP contribution in [0.2, 0.25) is 0 Å². The van der Waals surface area contributed by atoms with Gasteiger partial charge in [0.15, 0.2) is 0 Å². The molecule has 1 aromatic heterocycles. The van der Waals surface area contributed by atoms with E-state index in [1.807, 2.05) is 30.3 Å². The van der Waals surface area contributed by atoms with Gasteiger partial charge in [-0.2, -0.15) is 0 Å². The Morgan fingerprint density at radius 2 is 1.71 bits per heavy atom. The zero-order chi connectivity index (χ0) is 19.2. The summed E-state index contributed by atoms with van der Waals surface area (Å²) in [4.78, 5) is 4.30. The summed E-state index contributed by atoms with van der Waals surface area (Å²) in [7, 11) is 0. The highest BCUT2D eigenvalue weighted by Gasteiger charge is 2.09. The van der Waals surface area contributed by atoms with Gasteiger partial charge in [-0.25, -0.2) is 0 Å². The summed E-state index contributed by atoms with van der Waals surface area (Å²) >= 11 is 0. The largest absolute Gasteiger partial charge is 0.487 e. The number of pyridine rings is 1. The smallest absolute Gasteiger partial charge is 0.130 e. The Balaban J connectivity index is 1.40. The molecule has 0 saturated heterocycles. The molecule has 28 heavy (non-hydrogen) atoms. The van der Waals surface area contributed by atoms with Crippen molar-refractivity contribution >= 4 is 10.8 Å². The lowest BCUT2D eigenvalue weighted by Crippen LogP contribution is -2.18. The molecule has 1 N–H and O–H groups in total. The Morgan fingerprint density at radius 3 is 2.61 bits per heavy atom. The second-order valence-electron chi connectivity index (χ2n) is 6.93. The fourth-order valence-electron chi connectivity index (χ4n) is 3.39. The molecule has 1 atom stereocenters. The van der Waals surface area contributed by atoms with E-state index in [-0.39, 0.29) is 6.04 Å². The van der Waals surface area contributed by atoms with E-state index in [2.05, 4.69) is 71.8 Å². The number of fused-ring (bicyclic) bond motifs is 1. The van der Waals surface area contributed by atoms with Gasteiger partial charge in [0.2, 0.25) is 0 Å². The van der Waals surface area contributed by atoms with Crippen LogP contribution in [0.5, 0.6) is 5.75 Å². The molecule has 0 bridgehead atoms. The molecule has 0 radical (unpaired) electrons. The molecule has 0 saturated carbocycles. The Morgan fingerprint density at radius 1 is 0.893 bits per heavy atom. The van der Waals surface area contributed by atoms with E-state index in [4.69, 9.17) is 4.74 Å². The average molecular weight is 368 g/mol. The number of rotatable bonds is 7. The van der Waals surface area contributed by atoms with E-state index in [1.165, 1.54) is 21.9 Å². The number of aromatic nitrogens is 1. The van der Waals surface area contributed by atoms with Crippen LogP contribution >= 0.6 is 0 Å². The van der Waals surface area contributed by atoms with Gasteiger partial charge in [0, 0.05) is 18.8 Å². The lowest BCUT2D eigenvalue weighted by atomic mass is 9.99. The fraction of sp³-hybridized carbons (Fsp3) is 0.160. The summed E-state index contributed by atoms with van der Waals surface area (Å²) in [5, 5.41) is 6.22. The molecule has 0 amide bonds. The average Bonchev–Trinajstić information content (AvgIpc) is 2.77. The highest BCUT2D eigenvalue weighted by Crippen LogP contribution is 2.24. The molecule has 0 unspecified atom stereocenters. The lowest BCUT2D eigenvalue weighted by Gasteiger charge is -2.17. The van der Waals surface area contributed by atoms with Crippen LogP contribution in [0.1, 0.15) is 29.8 Å². The van der Waals surface area contributed by atoms with Crippen LogP contribution in [0, 0.1) is 0 Å². The van der Waals surface area contributed by atoms with Crippen molar-refractivity contribution in [3.63, 3.8) is 0 Å². The van der Waals surface area contributed by atoms with Gasteiger partial charge in [-0.05, 0) is 53.1 Å². The first kappa shape index (κ1) is 18.2. The van der Waals surface area contributed by atoms with E-state index < -0.39 is 0 Å². The van der Waals surface area contributed by atoms with Crippen molar-refractivity contribution in [3.8, 4) is 5.75 Å². The zero-order valence-corrected chi connectivity index (χ0v) is 16.0. The number of benzene rings is 3. The number of hydrogen-bond acceptors (Lipinski definition) is 3. The van der Waals surface area contributed by atoms with Gasteiger partial charge in [-0.15, -0.1) is 0 Å². The minimum absolute atomic E-state index is 0.254. The molecule has 4 aromatic rings. The maximum atomic E-state index is 5.89. The number of hydrogen-bond donors (Lipinski definition) is 1. The molecule has 0 spiro atoms. The molecule has 140 valence electrons. The van der Waals surface area contributed by atoms with E-state index in [0.717, 1.165) is 18.0 Å². The van der Waals surface area contributed by atoms with Crippen LogP contribution in [-0.2, 0) is 13.2 Å². The van der Waals surface area contributed by atoms with Crippen LogP contribution in [0.3, 0.4) is 0 Å². The first-order chi connectivity index (χ1) is 13.8. The van der Waals surface area contributed by atoms with Gasteiger partial charge in [-0.1, -0.05) is 60.7 Å². The molecule has 0 aliphatic carbocycles. The molecule has 0 aliphatic heterocycles. The highest BCUT2D eigenvalue weighted by atomic mass is 16.5.